The molecule has 0 spiro atoms. The monoisotopic (exact) mass is 250 g/mol. The Labute approximate surface area is 105 Å². The molecule has 1 saturated heterocycles. The minimum Gasteiger partial charge on any atom is -0.303 e. The Kier molecular flexibility index (Phi) is 2.76. The average Bonchev–Trinajstić information content (AvgIpc) is 2.85. The Morgan fingerprint density at radius 1 is 1.53 bits per heavy atom. The predicted octanol–water partition coefficient (Wildman–Crippen LogP) is 2.02. The molecule has 4 nitrogen and oxygen atoms in total. The molecule has 0 aliphatic carbocycles. The first-order chi connectivity index (χ1) is 8.22. The van der Waals surface area contributed by atoms with Gasteiger partial charge in [-0.1, -0.05) is 11.6 Å². The molecule has 1 unspecified atom stereocenters. The maximum absolute atomic E-state index is 5.93. The maximum atomic E-state index is 5.93. The van der Waals surface area contributed by atoms with Crippen molar-refractivity contribution in [1.82, 2.24) is 19.5 Å². The summed E-state index contributed by atoms with van der Waals surface area (Å²) in [6.07, 6.45) is 5.30. The van der Waals surface area contributed by atoms with Crippen LogP contribution in [0, 0.1) is 0 Å². The van der Waals surface area contributed by atoms with Crippen LogP contribution in [-0.4, -0.2) is 39.1 Å². The third-order valence-corrected chi connectivity index (χ3v) is 3.67. The third kappa shape index (κ3) is 2.15. The molecule has 3 heterocycles. The van der Waals surface area contributed by atoms with Gasteiger partial charge in [0.15, 0.2) is 11.5 Å². The van der Waals surface area contributed by atoms with Crippen LogP contribution in [0.4, 0.5) is 0 Å². The van der Waals surface area contributed by atoms with Crippen molar-refractivity contribution in [2.45, 2.75) is 25.3 Å². The lowest BCUT2D eigenvalue weighted by atomic mass is 10.1. The highest BCUT2D eigenvalue weighted by molar-refractivity contribution is 6.30. The molecule has 1 aliphatic rings. The molecule has 1 atom stereocenters. The van der Waals surface area contributed by atoms with Crippen molar-refractivity contribution in [2.75, 3.05) is 13.6 Å². The molecule has 0 aromatic carbocycles. The van der Waals surface area contributed by atoms with Gasteiger partial charge in [0.1, 0.15) is 0 Å². The molecule has 3 rings (SSSR count). The summed E-state index contributed by atoms with van der Waals surface area (Å²) in [5.74, 6) is 0.908. The molecular weight excluding hydrogens is 236 g/mol. The number of likely N-dealkylation sites (N-methyl/N-ethyl adjacent to an activating group) is 1. The van der Waals surface area contributed by atoms with Gasteiger partial charge in [-0.25, -0.2) is 9.50 Å². The van der Waals surface area contributed by atoms with E-state index in [1.54, 1.807) is 4.52 Å². The molecule has 0 bridgehead atoms. The normalized spacial score (nSPS) is 21.4. The summed E-state index contributed by atoms with van der Waals surface area (Å²) in [6.45, 7) is 1.18. The minimum atomic E-state index is 0.586. The number of hydrogen-bond donors (Lipinski definition) is 0. The molecule has 17 heavy (non-hydrogen) atoms. The smallest absolute Gasteiger partial charge is 0.157 e. The Hall–Kier alpha value is -1.13. The van der Waals surface area contributed by atoms with Crippen LogP contribution in [0.25, 0.3) is 5.65 Å². The SMILES string of the molecule is CN1CCCC1Cc1nc2cc(Cl)ccn2n1. The van der Waals surface area contributed by atoms with Crippen molar-refractivity contribution >= 4 is 17.2 Å². The largest absolute Gasteiger partial charge is 0.303 e. The van der Waals surface area contributed by atoms with Gasteiger partial charge >= 0.3 is 0 Å². The van der Waals surface area contributed by atoms with Gasteiger partial charge in [0.25, 0.3) is 0 Å². The first-order valence-corrected chi connectivity index (χ1v) is 6.31. The predicted molar refractivity (Wildman–Crippen MR) is 67.4 cm³/mol. The molecule has 5 heteroatoms. The molecule has 0 amide bonds. The van der Waals surface area contributed by atoms with E-state index in [0.29, 0.717) is 11.1 Å². The minimum absolute atomic E-state index is 0.586. The Morgan fingerprint density at radius 2 is 2.41 bits per heavy atom. The van der Waals surface area contributed by atoms with Crippen molar-refractivity contribution in [3.05, 3.63) is 29.2 Å². The number of hydrogen-bond acceptors (Lipinski definition) is 3. The summed E-state index contributed by atoms with van der Waals surface area (Å²) in [5, 5.41) is 5.18. The second kappa shape index (κ2) is 4.27. The Morgan fingerprint density at radius 3 is 3.18 bits per heavy atom. The number of nitrogens with zero attached hydrogens (tertiary/aromatic N) is 4. The Bertz CT molecular complexity index is 536. The van der Waals surface area contributed by atoms with E-state index >= 15 is 0 Å². The number of likely N-dealkylation sites (tertiary alicyclic amines) is 1. The third-order valence-electron chi connectivity index (χ3n) is 3.43. The second-order valence-corrected chi connectivity index (χ2v) is 5.09. The molecule has 2 aromatic rings. The molecule has 0 saturated carbocycles. The quantitative estimate of drug-likeness (QED) is 0.818. The maximum Gasteiger partial charge on any atom is 0.157 e. The van der Waals surface area contributed by atoms with E-state index in [0.717, 1.165) is 17.9 Å². The van der Waals surface area contributed by atoms with Gasteiger partial charge < -0.3 is 4.90 Å². The molecule has 90 valence electrons. The van der Waals surface area contributed by atoms with Crippen LogP contribution >= 0.6 is 11.6 Å². The van der Waals surface area contributed by atoms with E-state index in [-0.39, 0.29) is 0 Å². The zero-order valence-electron chi connectivity index (χ0n) is 9.80. The molecule has 2 aromatic heterocycles. The number of aromatic nitrogens is 3. The van der Waals surface area contributed by atoms with Crippen LogP contribution in [0.1, 0.15) is 18.7 Å². The average molecular weight is 251 g/mol. The fourth-order valence-corrected chi connectivity index (χ4v) is 2.59. The van der Waals surface area contributed by atoms with Gasteiger partial charge in [-0.05, 0) is 32.5 Å². The standard InChI is InChI=1S/C12H15ClN4/c1-16-5-2-3-10(16)8-11-14-12-7-9(13)4-6-17(12)15-11/h4,6-7,10H,2-3,5,8H2,1H3. The zero-order valence-corrected chi connectivity index (χ0v) is 10.6. The van der Waals surface area contributed by atoms with Gasteiger partial charge in [-0.2, -0.15) is 5.10 Å². The van der Waals surface area contributed by atoms with Crippen molar-refractivity contribution in [3.8, 4) is 0 Å². The summed E-state index contributed by atoms with van der Waals surface area (Å²) in [4.78, 5) is 6.90. The van der Waals surface area contributed by atoms with Crippen molar-refractivity contribution in [2.24, 2.45) is 0 Å². The van der Waals surface area contributed by atoms with E-state index in [9.17, 15) is 0 Å². The van der Waals surface area contributed by atoms with E-state index in [2.05, 4.69) is 22.0 Å². The lowest BCUT2D eigenvalue weighted by Crippen LogP contribution is -2.27. The highest BCUT2D eigenvalue weighted by atomic mass is 35.5. The number of pyridine rings is 1. The first-order valence-electron chi connectivity index (χ1n) is 5.93. The topological polar surface area (TPSA) is 33.4 Å². The lowest BCUT2D eigenvalue weighted by molar-refractivity contribution is 0.306. The number of halogens is 1. The first kappa shape index (κ1) is 11.0. The van der Waals surface area contributed by atoms with E-state index in [1.165, 1.54) is 19.4 Å². The molecular formula is C12H15ClN4. The summed E-state index contributed by atoms with van der Waals surface area (Å²) >= 11 is 5.93. The van der Waals surface area contributed by atoms with Crippen LogP contribution in [0.3, 0.4) is 0 Å². The van der Waals surface area contributed by atoms with Crippen LogP contribution in [0.15, 0.2) is 18.3 Å². The highest BCUT2D eigenvalue weighted by Gasteiger charge is 2.22. The van der Waals surface area contributed by atoms with Crippen LogP contribution in [-0.2, 0) is 6.42 Å². The van der Waals surface area contributed by atoms with Crippen LogP contribution in [0.5, 0.6) is 0 Å². The summed E-state index contributed by atoms with van der Waals surface area (Å²) < 4.78 is 1.79. The molecule has 1 aliphatic heterocycles. The van der Waals surface area contributed by atoms with Crippen molar-refractivity contribution < 1.29 is 0 Å². The van der Waals surface area contributed by atoms with Gasteiger partial charge in [-0.3, -0.25) is 0 Å². The second-order valence-electron chi connectivity index (χ2n) is 4.66. The fourth-order valence-electron chi connectivity index (χ4n) is 2.44. The Balaban J connectivity index is 1.85. The van der Waals surface area contributed by atoms with Crippen LogP contribution in [0.2, 0.25) is 5.02 Å². The molecule has 1 fully saturated rings. The molecule has 0 N–H and O–H groups in total. The number of fused-ring (bicyclic) bond motifs is 1. The van der Waals surface area contributed by atoms with Crippen LogP contribution < -0.4 is 0 Å². The molecule has 0 radical (unpaired) electrons. The van der Waals surface area contributed by atoms with Crippen molar-refractivity contribution in [3.63, 3.8) is 0 Å². The van der Waals surface area contributed by atoms with E-state index in [4.69, 9.17) is 11.6 Å². The summed E-state index contributed by atoms with van der Waals surface area (Å²) in [5.41, 5.74) is 0.827. The number of rotatable bonds is 2. The van der Waals surface area contributed by atoms with Gasteiger partial charge in [0.2, 0.25) is 0 Å². The summed E-state index contributed by atoms with van der Waals surface area (Å²) in [6, 6.07) is 4.26. The highest BCUT2D eigenvalue weighted by Crippen LogP contribution is 2.18. The van der Waals surface area contributed by atoms with E-state index < -0.39 is 0 Å². The lowest BCUT2D eigenvalue weighted by Gasteiger charge is -2.17. The van der Waals surface area contributed by atoms with Gasteiger partial charge in [-0.15, -0.1) is 0 Å². The van der Waals surface area contributed by atoms with E-state index in [1.807, 2.05) is 18.3 Å². The van der Waals surface area contributed by atoms with Crippen molar-refractivity contribution in [1.29, 1.82) is 0 Å². The van der Waals surface area contributed by atoms with Gasteiger partial charge in [0.05, 0.1) is 0 Å². The summed E-state index contributed by atoms with van der Waals surface area (Å²) in [7, 11) is 2.17. The van der Waals surface area contributed by atoms with Gasteiger partial charge in [0, 0.05) is 29.7 Å². The zero-order chi connectivity index (χ0) is 11.8. The fraction of sp³-hybridized carbons (Fsp3) is 0.500.